The van der Waals surface area contributed by atoms with E-state index in [4.69, 9.17) is 4.74 Å². The fourth-order valence-electron chi connectivity index (χ4n) is 3.24. The van der Waals surface area contributed by atoms with Gasteiger partial charge in [0.2, 0.25) is 0 Å². The largest absolute Gasteiger partial charge is 0.390 e. The molecule has 1 heterocycles. The van der Waals surface area contributed by atoms with Crippen LogP contribution in [0.25, 0.3) is 0 Å². The molecule has 1 saturated carbocycles. The zero-order valence-electron chi connectivity index (χ0n) is 14.0. The molecule has 6 heteroatoms. The van der Waals surface area contributed by atoms with Gasteiger partial charge in [-0.3, -0.25) is 9.80 Å². The maximum atomic E-state index is 13.0. The molecule has 2 N–H and O–H groups in total. The van der Waals surface area contributed by atoms with E-state index in [0.717, 1.165) is 39.1 Å². The van der Waals surface area contributed by atoms with Crippen LogP contribution >= 0.6 is 0 Å². The van der Waals surface area contributed by atoms with Gasteiger partial charge in [-0.05, 0) is 30.5 Å². The summed E-state index contributed by atoms with van der Waals surface area (Å²) in [4.78, 5) is 4.38. The van der Waals surface area contributed by atoms with E-state index in [1.807, 2.05) is 0 Å². The van der Waals surface area contributed by atoms with Crippen molar-refractivity contribution >= 4 is 0 Å². The molecule has 1 aliphatic heterocycles. The topological polar surface area (TPSA) is 56.2 Å². The SMILES string of the molecule is OC(CN1CCOCC1)CN(CC(O)c1ccc(F)cc1)C1CC1. The Labute approximate surface area is 142 Å². The van der Waals surface area contributed by atoms with E-state index in [1.165, 1.54) is 12.1 Å². The maximum Gasteiger partial charge on any atom is 0.123 e. The lowest BCUT2D eigenvalue weighted by Gasteiger charge is -2.32. The second-order valence-electron chi connectivity index (χ2n) is 6.82. The molecule has 134 valence electrons. The third-order valence-corrected chi connectivity index (χ3v) is 4.74. The molecule has 0 aromatic heterocycles. The Morgan fingerprint density at radius 2 is 1.79 bits per heavy atom. The number of rotatable bonds is 8. The first-order valence-electron chi connectivity index (χ1n) is 8.77. The standard InChI is InChI=1S/C18H27FN2O3/c19-15-3-1-14(2-4-15)18(23)13-21(16-5-6-16)12-17(22)11-20-7-9-24-10-8-20/h1-4,16-18,22-23H,5-13H2. The number of β-amino-alcohol motifs (C(OH)–C–C–N with tert-alkyl or cyclic N) is 1. The first kappa shape index (κ1) is 17.8. The molecule has 1 aromatic rings. The molecule has 0 spiro atoms. The van der Waals surface area contributed by atoms with Crippen molar-refractivity contribution in [3.8, 4) is 0 Å². The number of morpholine rings is 1. The number of ether oxygens (including phenoxy) is 1. The molecule has 2 fully saturated rings. The number of benzene rings is 1. The molecule has 0 radical (unpaired) electrons. The minimum absolute atomic E-state index is 0.300. The van der Waals surface area contributed by atoms with Crippen molar-refractivity contribution in [1.82, 2.24) is 9.80 Å². The zero-order chi connectivity index (χ0) is 16.9. The Bertz CT molecular complexity index is 503. The highest BCUT2D eigenvalue weighted by molar-refractivity contribution is 5.18. The molecular weight excluding hydrogens is 311 g/mol. The van der Waals surface area contributed by atoms with E-state index in [2.05, 4.69) is 9.80 Å². The van der Waals surface area contributed by atoms with Crippen LogP contribution in [-0.2, 0) is 4.74 Å². The Kier molecular flexibility index (Phi) is 6.19. The summed E-state index contributed by atoms with van der Waals surface area (Å²) >= 11 is 0. The molecule has 5 nitrogen and oxygen atoms in total. The van der Waals surface area contributed by atoms with E-state index in [1.54, 1.807) is 12.1 Å². The molecule has 2 atom stereocenters. The lowest BCUT2D eigenvalue weighted by atomic mass is 10.1. The van der Waals surface area contributed by atoms with Gasteiger partial charge in [0.1, 0.15) is 5.82 Å². The summed E-state index contributed by atoms with van der Waals surface area (Å²) in [7, 11) is 0. The Morgan fingerprint density at radius 3 is 2.42 bits per heavy atom. The number of hydrogen-bond donors (Lipinski definition) is 2. The molecule has 24 heavy (non-hydrogen) atoms. The fraction of sp³-hybridized carbons (Fsp3) is 0.667. The van der Waals surface area contributed by atoms with E-state index < -0.39 is 12.2 Å². The number of aliphatic hydroxyl groups excluding tert-OH is 2. The second-order valence-corrected chi connectivity index (χ2v) is 6.82. The van der Waals surface area contributed by atoms with Crippen molar-refractivity contribution in [2.75, 3.05) is 45.9 Å². The van der Waals surface area contributed by atoms with E-state index in [9.17, 15) is 14.6 Å². The van der Waals surface area contributed by atoms with E-state index in [0.29, 0.717) is 31.2 Å². The van der Waals surface area contributed by atoms with Gasteiger partial charge in [0.05, 0.1) is 25.4 Å². The second kappa shape index (κ2) is 8.36. The summed E-state index contributed by atoms with van der Waals surface area (Å²) in [6.45, 7) is 4.83. The van der Waals surface area contributed by atoms with Crippen LogP contribution in [0.1, 0.15) is 24.5 Å². The van der Waals surface area contributed by atoms with Crippen LogP contribution < -0.4 is 0 Å². The normalized spacial score (nSPS) is 21.8. The molecule has 1 aliphatic carbocycles. The number of aliphatic hydroxyl groups is 2. The maximum absolute atomic E-state index is 13.0. The minimum Gasteiger partial charge on any atom is -0.390 e. The molecule has 2 unspecified atom stereocenters. The van der Waals surface area contributed by atoms with E-state index >= 15 is 0 Å². The summed E-state index contributed by atoms with van der Waals surface area (Å²) in [5.74, 6) is -0.300. The zero-order valence-corrected chi connectivity index (χ0v) is 14.0. The minimum atomic E-state index is -0.665. The van der Waals surface area contributed by atoms with Crippen molar-refractivity contribution in [2.24, 2.45) is 0 Å². The van der Waals surface area contributed by atoms with Crippen molar-refractivity contribution in [3.05, 3.63) is 35.6 Å². The Balaban J connectivity index is 1.51. The van der Waals surface area contributed by atoms with Crippen LogP contribution in [0.15, 0.2) is 24.3 Å². The van der Waals surface area contributed by atoms with Crippen molar-refractivity contribution < 1.29 is 19.3 Å². The molecule has 2 aliphatic rings. The first-order chi connectivity index (χ1) is 11.6. The molecule has 0 amide bonds. The van der Waals surface area contributed by atoms with Crippen LogP contribution in [0.5, 0.6) is 0 Å². The van der Waals surface area contributed by atoms with E-state index in [-0.39, 0.29) is 5.82 Å². The summed E-state index contributed by atoms with van der Waals surface area (Å²) in [6, 6.07) is 6.42. The summed E-state index contributed by atoms with van der Waals surface area (Å²) in [5, 5.41) is 20.8. The van der Waals surface area contributed by atoms with Gasteiger partial charge >= 0.3 is 0 Å². The van der Waals surface area contributed by atoms with Gasteiger partial charge in [-0.25, -0.2) is 4.39 Å². The highest BCUT2D eigenvalue weighted by atomic mass is 19.1. The summed E-state index contributed by atoms with van der Waals surface area (Å²) in [5.41, 5.74) is 0.713. The third kappa shape index (κ3) is 5.22. The molecule has 1 aromatic carbocycles. The van der Waals surface area contributed by atoms with Gasteiger partial charge in [0, 0.05) is 38.8 Å². The van der Waals surface area contributed by atoms with Gasteiger partial charge in [-0.1, -0.05) is 12.1 Å². The van der Waals surface area contributed by atoms with Gasteiger partial charge < -0.3 is 14.9 Å². The van der Waals surface area contributed by atoms with Crippen LogP contribution in [0.3, 0.4) is 0 Å². The van der Waals surface area contributed by atoms with Crippen molar-refractivity contribution in [3.63, 3.8) is 0 Å². The van der Waals surface area contributed by atoms with Gasteiger partial charge in [-0.15, -0.1) is 0 Å². The predicted octanol–water partition coefficient (Wildman–Crippen LogP) is 1.02. The predicted molar refractivity (Wildman–Crippen MR) is 89.2 cm³/mol. The molecule has 1 saturated heterocycles. The van der Waals surface area contributed by atoms with Gasteiger partial charge in [0.25, 0.3) is 0 Å². The lowest BCUT2D eigenvalue weighted by Crippen LogP contribution is -2.45. The van der Waals surface area contributed by atoms with Gasteiger partial charge in [0.15, 0.2) is 0 Å². The van der Waals surface area contributed by atoms with Crippen LogP contribution in [0.4, 0.5) is 4.39 Å². The fourth-order valence-corrected chi connectivity index (χ4v) is 3.24. The van der Waals surface area contributed by atoms with Crippen LogP contribution in [-0.4, -0.2) is 78.1 Å². The average molecular weight is 338 g/mol. The number of nitrogens with zero attached hydrogens (tertiary/aromatic N) is 2. The van der Waals surface area contributed by atoms with Crippen LogP contribution in [0, 0.1) is 5.82 Å². The lowest BCUT2D eigenvalue weighted by molar-refractivity contribution is 0.00165. The number of hydrogen-bond acceptors (Lipinski definition) is 5. The average Bonchev–Trinajstić information content (AvgIpc) is 3.40. The number of halogens is 1. The van der Waals surface area contributed by atoms with Gasteiger partial charge in [-0.2, -0.15) is 0 Å². The first-order valence-corrected chi connectivity index (χ1v) is 8.77. The Morgan fingerprint density at radius 1 is 1.12 bits per heavy atom. The van der Waals surface area contributed by atoms with Crippen LogP contribution in [0.2, 0.25) is 0 Å². The van der Waals surface area contributed by atoms with Crippen molar-refractivity contribution in [1.29, 1.82) is 0 Å². The Hall–Kier alpha value is -1.05. The monoisotopic (exact) mass is 338 g/mol. The quantitative estimate of drug-likeness (QED) is 0.741. The summed E-state index contributed by atoms with van der Waals surface area (Å²) < 4.78 is 18.3. The highest BCUT2D eigenvalue weighted by Crippen LogP contribution is 2.29. The van der Waals surface area contributed by atoms with Crippen molar-refractivity contribution in [2.45, 2.75) is 31.1 Å². The molecular formula is C18H27FN2O3. The smallest absolute Gasteiger partial charge is 0.123 e. The summed E-state index contributed by atoms with van der Waals surface area (Å²) in [6.07, 6.45) is 1.12. The molecule has 0 bridgehead atoms. The third-order valence-electron chi connectivity index (χ3n) is 4.74. The highest BCUT2D eigenvalue weighted by Gasteiger charge is 2.32. The molecule has 3 rings (SSSR count).